The standard InChI is InChI=1S/C20H24O8S2/c1-16(2)27-20(21)19(28-30(24,25)18-12-7-4-8-13-18)14-9-15-26-29(22,23)17-10-5-3-6-11-17/h3-8,10-13,16,19H,9,14-15H2,1-2H3. The molecule has 0 saturated heterocycles. The molecule has 0 bridgehead atoms. The number of rotatable bonds is 11. The second kappa shape index (κ2) is 10.7. The quantitative estimate of drug-likeness (QED) is 0.288. The first-order chi connectivity index (χ1) is 14.1. The third-order valence-corrected chi connectivity index (χ3v) is 6.43. The van der Waals surface area contributed by atoms with Crippen molar-refractivity contribution in [3.63, 3.8) is 0 Å². The highest BCUT2D eigenvalue weighted by atomic mass is 32.2. The second-order valence-electron chi connectivity index (χ2n) is 6.57. The van der Waals surface area contributed by atoms with Crippen LogP contribution in [-0.2, 0) is 38.1 Å². The Bertz CT molecular complexity index is 1020. The summed E-state index contributed by atoms with van der Waals surface area (Å²) in [6, 6.07) is 15.0. The van der Waals surface area contributed by atoms with E-state index in [4.69, 9.17) is 13.1 Å². The van der Waals surface area contributed by atoms with Crippen LogP contribution in [0.25, 0.3) is 0 Å². The fraction of sp³-hybridized carbons (Fsp3) is 0.350. The summed E-state index contributed by atoms with van der Waals surface area (Å²) < 4.78 is 64.3. The van der Waals surface area contributed by atoms with Crippen LogP contribution >= 0.6 is 0 Å². The maximum absolute atomic E-state index is 12.5. The summed E-state index contributed by atoms with van der Waals surface area (Å²) in [5.74, 6) is -0.851. The van der Waals surface area contributed by atoms with Crippen LogP contribution in [0.3, 0.4) is 0 Å². The Labute approximate surface area is 177 Å². The molecule has 1 unspecified atom stereocenters. The lowest BCUT2D eigenvalue weighted by Crippen LogP contribution is -2.31. The van der Waals surface area contributed by atoms with E-state index < -0.39 is 38.4 Å². The summed E-state index contributed by atoms with van der Waals surface area (Å²) in [5.41, 5.74) is 0. The molecule has 0 saturated carbocycles. The third kappa shape index (κ3) is 7.21. The molecule has 1 atom stereocenters. The molecule has 30 heavy (non-hydrogen) atoms. The molecule has 0 spiro atoms. The van der Waals surface area contributed by atoms with E-state index >= 15 is 0 Å². The lowest BCUT2D eigenvalue weighted by Gasteiger charge is -2.18. The molecule has 164 valence electrons. The Morgan fingerprint density at radius 1 is 0.833 bits per heavy atom. The predicted octanol–water partition coefficient (Wildman–Crippen LogP) is 2.90. The highest BCUT2D eigenvalue weighted by molar-refractivity contribution is 7.87. The number of carbonyl (C=O) groups is 1. The van der Waals surface area contributed by atoms with Crippen molar-refractivity contribution >= 4 is 26.2 Å². The summed E-state index contributed by atoms with van der Waals surface area (Å²) in [7, 11) is -8.16. The van der Waals surface area contributed by atoms with Crippen molar-refractivity contribution in [2.45, 2.75) is 48.7 Å². The summed E-state index contributed by atoms with van der Waals surface area (Å²) in [6.45, 7) is 2.99. The Kier molecular flexibility index (Phi) is 8.54. The first-order valence-corrected chi connectivity index (χ1v) is 12.1. The fourth-order valence-corrected chi connectivity index (χ4v) is 4.45. The topological polar surface area (TPSA) is 113 Å². The molecule has 0 aliphatic carbocycles. The van der Waals surface area contributed by atoms with Gasteiger partial charge < -0.3 is 4.74 Å². The van der Waals surface area contributed by atoms with Gasteiger partial charge in [-0.3, -0.25) is 8.37 Å². The molecule has 0 aliphatic rings. The van der Waals surface area contributed by atoms with Crippen LogP contribution in [0, 0.1) is 0 Å². The molecule has 0 aliphatic heterocycles. The molecule has 0 amide bonds. The van der Waals surface area contributed by atoms with E-state index in [0.717, 1.165) is 0 Å². The normalized spacial score (nSPS) is 13.2. The Morgan fingerprint density at radius 2 is 1.33 bits per heavy atom. The van der Waals surface area contributed by atoms with Crippen LogP contribution in [0.15, 0.2) is 70.5 Å². The van der Waals surface area contributed by atoms with E-state index in [9.17, 15) is 21.6 Å². The lowest BCUT2D eigenvalue weighted by molar-refractivity contribution is -0.156. The number of benzene rings is 2. The smallest absolute Gasteiger partial charge is 0.337 e. The zero-order valence-corrected chi connectivity index (χ0v) is 18.3. The highest BCUT2D eigenvalue weighted by Crippen LogP contribution is 2.18. The van der Waals surface area contributed by atoms with Gasteiger partial charge >= 0.3 is 5.97 Å². The minimum absolute atomic E-state index is 0.00340. The molecule has 0 N–H and O–H groups in total. The number of ether oxygens (including phenoxy) is 1. The first kappa shape index (κ1) is 24.0. The van der Waals surface area contributed by atoms with E-state index in [-0.39, 0.29) is 29.2 Å². The molecule has 0 fully saturated rings. The average Bonchev–Trinajstić information content (AvgIpc) is 2.71. The molecular formula is C20H24O8S2. The zero-order valence-electron chi connectivity index (χ0n) is 16.6. The molecule has 2 aromatic carbocycles. The first-order valence-electron chi connectivity index (χ1n) is 9.25. The van der Waals surface area contributed by atoms with Crippen molar-refractivity contribution in [1.29, 1.82) is 0 Å². The van der Waals surface area contributed by atoms with Crippen molar-refractivity contribution < 1.29 is 34.7 Å². The molecule has 0 heterocycles. The van der Waals surface area contributed by atoms with E-state index in [1.807, 2.05) is 0 Å². The summed E-state index contributed by atoms with van der Waals surface area (Å²) >= 11 is 0. The molecule has 2 aromatic rings. The van der Waals surface area contributed by atoms with Gasteiger partial charge in [-0.25, -0.2) is 4.79 Å². The van der Waals surface area contributed by atoms with Gasteiger partial charge in [-0.15, -0.1) is 0 Å². The van der Waals surface area contributed by atoms with E-state index in [2.05, 4.69) is 0 Å². The van der Waals surface area contributed by atoms with Crippen molar-refractivity contribution in [1.82, 2.24) is 0 Å². The lowest BCUT2D eigenvalue weighted by atomic mass is 10.2. The minimum Gasteiger partial charge on any atom is -0.461 e. The maximum atomic E-state index is 12.5. The highest BCUT2D eigenvalue weighted by Gasteiger charge is 2.29. The van der Waals surface area contributed by atoms with Crippen LogP contribution in [-0.4, -0.2) is 41.6 Å². The molecule has 10 heteroatoms. The Balaban J connectivity index is 2.03. The SMILES string of the molecule is CC(C)OC(=O)C(CCCOS(=O)(=O)c1ccccc1)OS(=O)(=O)c1ccccc1. The van der Waals surface area contributed by atoms with Gasteiger partial charge in [0.15, 0.2) is 6.10 Å². The van der Waals surface area contributed by atoms with Crippen molar-refractivity contribution in [2.24, 2.45) is 0 Å². The van der Waals surface area contributed by atoms with E-state index in [1.54, 1.807) is 38.1 Å². The number of hydrogen-bond acceptors (Lipinski definition) is 8. The zero-order chi connectivity index (χ0) is 22.2. The van der Waals surface area contributed by atoms with Crippen LogP contribution in [0.5, 0.6) is 0 Å². The molecule has 2 rings (SSSR count). The van der Waals surface area contributed by atoms with Crippen molar-refractivity contribution in [3.05, 3.63) is 60.7 Å². The van der Waals surface area contributed by atoms with Gasteiger partial charge in [0.1, 0.15) is 0 Å². The molecule has 0 radical (unpaired) electrons. The van der Waals surface area contributed by atoms with Crippen LogP contribution in [0.2, 0.25) is 0 Å². The van der Waals surface area contributed by atoms with Crippen LogP contribution in [0.1, 0.15) is 26.7 Å². The Hall–Kier alpha value is -2.27. The van der Waals surface area contributed by atoms with Gasteiger partial charge in [0, 0.05) is 0 Å². The van der Waals surface area contributed by atoms with Crippen LogP contribution < -0.4 is 0 Å². The van der Waals surface area contributed by atoms with Gasteiger partial charge in [-0.1, -0.05) is 36.4 Å². The largest absolute Gasteiger partial charge is 0.461 e. The molecular weight excluding hydrogens is 432 g/mol. The number of carbonyl (C=O) groups excluding carboxylic acids is 1. The minimum atomic E-state index is -4.21. The van der Waals surface area contributed by atoms with Gasteiger partial charge in [0.25, 0.3) is 20.2 Å². The number of hydrogen-bond donors (Lipinski definition) is 0. The van der Waals surface area contributed by atoms with Gasteiger partial charge in [-0.2, -0.15) is 16.8 Å². The van der Waals surface area contributed by atoms with Gasteiger partial charge in [-0.05, 0) is 51.0 Å². The van der Waals surface area contributed by atoms with Crippen LogP contribution in [0.4, 0.5) is 0 Å². The van der Waals surface area contributed by atoms with E-state index in [0.29, 0.717) is 0 Å². The molecule has 8 nitrogen and oxygen atoms in total. The van der Waals surface area contributed by atoms with Gasteiger partial charge in [0.05, 0.1) is 22.5 Å². The van der Waals surface area contributed by atoms with Gasteiger partial charge in [0.2, 0.25) is 0 Å². The third-order valence-electron chi connectivity index (χ3n) is 3.77. The van der Waals surface area contributed by atoms with Crippen molar-refractivity contribution in [2.75, 3.05) is 6.61 Å². The maximum Gasteiger partial charge on any atom is 0.337 e. The summed E-state index contributed by atoms with van der Waals surface area (Å²) in [5, 5.41) is 0. The second-order valence-corrected chi connectivity index (χ2v) is 9.76. The monoisotopic (exact) mass is 456 g/mol. The Morgan fingerprint density at radius 3 is 1.83 bits per heavy atom. The predicted molar refractivity (Wildman–Crippen MR) is 109 cm³/mol. The van der Waals surface area contributed by atoms with Crippen molar-refractivity contribution in [3.8, 4) is 0 Å². The fourth-order valence-electron chi connectivity index (χ4n) is 2.40. The summed E-state index contributed by atoms with van der Waals surface area (Å²) in [6.07, 6.45) is -1.96. The van der Waals surface area contributed by atoms with E-state index in [1.165, 1.54) is 36.4 Å². The summed E-state index contributed by atoms with van der Waals surface area (Å²) in [4.78, 5) is 12.2. The average molecular weight is 457 g/mol. The molecule has 0 aromatic heterocycles. The number of esters is 1.